The molecule has 0 bridgehead atoms. The minimum Gasteiger partial charge on any atom is -0.491 e. The molecule has 0 radical (unpaired) electrons. The molecule has 140 valence electrons. The molecule has 1 aliphatic carbocycles. The van der Waals surface area contributed by atoms with Crippen LogP contribution in [0.5, 0.6) is 5.75 Å². The minimum atomic E-state index is 0. The molecule has 3 atom stereocenters. The molecule has 2 fully saturated rings. The average Bonchev–Trinajstić information content (AvgIpc) is 3.05. The van der Waals surface area contributed by atoms with Crippen molar-refractivity contribution in [1.29, 1.82) is 0 Å². The van der Waals surface area contributed by atoms with Gasteiger partial charge in [0.1, 0.15) is 12.4 Å². The van der Waals surface area contributed by atoms with Gasteiger partial charge in [0.15, 0.2) is 5.96 Å². The Bertz CT molecular complexity index is 588. The van der Waals surface area contributed by atoms with Crippen molar-refractivity contribution in [3.05, 3.63) is 29.3 Å². The molecule has 1 aliphatic heterocycles. The number of halogens is 1. The molecule has 0 spiro atoms. The summed E-state index contributed by atoms with van der Waals surface area (Å²) in [6, 6.07) is 6.91. The zero-order valence-electron chi connectivity index (χ0n) is 15.4. The van der Waals surface area contributed by atoms with Crippen molar-refractivity contribution in [3.63, 3.8) is 0 Å². The van der Waals surface area contributed by atoms with Crippen LogP contribution in [0.25, 0.3) is 0 Å². The molecule has 1 saturated heterocycles. The Balaban J connectivity index is 0.00000225. The second kappa shape index (κ2) is 9.62. The van der Waals surface area contributed by atoms with Gasteiger partial charge in [0.2, 0.25) is 0 Å². The largest absolute Gasteiger partial charge is 0.491 e. The third-order valence-corrected chi connectivity index (χ3v) is 4.77. The molecule has 3 rings (SSSR count). The minimum absolute atomic E-state index is 0. The SMILES string of the molecule is CN=C(NCc1ccc(C)cc1OCC1CCCO1)NC1CC1C.I. The lowest BCUT2D eigenvalue weighted by molar-refractivity contribution is 0.0676. The molecule has 0 aromatic heterocycles. The summed E-state index contributed by atoms with van der Waals surface area (Å²) in [6.45, 7) is 6.52. The predicted molar refractivity (Wildman–Crippen MR) is 112 cm³/mol. The Morgan fingerprint density at radius 1 is 1.40 bits per heavy atom. The summed E-state index contributed by atoms with van der Waals surface area (Å²) in [4.78, 5) is 4.31. The van der Waals surface area contributed by atoms with Crippen LogP contribution in [0.15, 0.2) is 23.2 Å². The van der Waals surface area contributed by atoms with E-state index in [1.807, 2.05) is 7.05 Å². The van der Waals surface area contributed by atoms with Crippen molar-refractivity contribution in [2.24, 2.45) is 10.9 Å². The first kappa shape index (κ1) is 20.3. The van der Waals surface area contributed by atoms with Gasteiger partial charge in [-0.1, -0.05) is 19.1 Å². The summed E-state index contributed by atoms with van der Waals surface area (Å²) in [5.41, 5.74) is 2.35. The maximum atomic E-state index is 6.05. The van der Waals surface area contributed by atoms with Crippen molar-refractivity contribution in [2.45, 2.75) is 51.8 Å². The highest BCUT2D eigenvalue weighted by Crippen LogP contribution is 2.28. The summed E-state index contributed by atoms with van der Waals surface area (Å²) in [5, 5.41) is 6.84. The third-order valence-electron chi connectivity index (χ3n) is 4.77. The Morgan fingerprint density at radius 3 is 2.84 bits per heavy atom. The monoisotopic (exact) mass is 459 g/mol. The van der Waals surface area contributed by atoms with Gasteiger partial charge >= 0.3 is 0 Å². The summed E-state index contributed by atoms with van der Waals surface area (Å²) in [7, 11) is 1.81. The lowest BCUT2D eigenvalue weighted by atomic mass is 10.1. The van der Waals surface area contributed by atoms with Crippen LogP contribution >= 0.6 is 24.0 Å². The Morgan fingerprint density at radius 2 is 2.20 bits per heavy atom. The molecule has 6 heteroatoms. The quantitative estimate of drug-likeness (QED) is 0.390. The molecule has 1 heterocycles. The topological polar surface area (TPSA) is 54.9 Å². The lowest BCUT2D eigenvalue weighted by Gasteiger charge is -2.17. The van der Waals surface area contributed by atoms with Crippen LogP contribution in [0, 0.1) is 12.8 Å². The lowest BCUT2D eigenvalue weighted by Crippen LogP contribution is -2.38. The van der Waals surface area contributed by atoms with Crippen LogP contribution in [0.2, 0.25) is 0 Å². The normalized spacial score (nSPS) is 25.2. The molecule has 0 amide bonds. The van der Waals surface area contributed by atoms with Gasteiger partial charge in [0, 0.05) is 31.8 Å². The first-order valence-electron chi connectivity index (χ1n) is 8.97. The zero-order valence-corrected chi connectivity index (χ0v) is 17.7. The molecule has 3 unspecified atom stereocenters. The van der Waals surface area contributed by atoms with Gasteiger partial charge < -0.3 is 20.1 Å². The first-order valence-corrected chi connectivity index (χ1v) is 8.97. The van der Waals surface area contributed by atoms with E-state index < -0.39 is 0 Å². The second-order valence-corrected chi connectivity index (χ2v) is 6.95. The summed E-state index contributed by atoms with van der Waals surface area (Å²) in [6.07, 6.45) is 3.69. The maximum absolute atomic E-state index is 6.05. The number of nitrogens with one attached hydrogen (secondary N) is 2. The molecule has 1 aromatic rings. The average molecular weight is 459 g/mol. The van der Waals surface area contributed by atoms with E-state index >= 15 is 0 Å². The van der Waals surface area contributed by atoms with Crippen LogP contribution in [0.4, 0.5) is 0 Å². The van der Waals surface area contributed by atoms with E-state index in [9.17, 15) is 0 Å². The van der Waals surface area contributed by atoms with Crippen molar-refractivity contribution in [1.82, 2.24) is 10.6 Å². The zero-order chi connectivity index (χ0) is 16.9. The second-order valence-electron chi connectivity index (χ2n) is 6.95. The van der Waals surface area contributed by atoms with Crippen LogP contribution in [-0.4, -0.2) is 38.4 Å². The van der Waals surface area contributed by atoms with Crippen molar-refractivity contribution in [2.75, 3.05) is 20.3 Å². The summed E-state index contributed by atoms with van der Waals surface area (Å²) in [5.74, 6) is 2.54. The van der Waals surface area contributed by atoms with Gasteiger partial charge in [0.05, 0.1) is 6.10 Å². The van der Waals surface area contributed by atoms with Gasteiger partial charge in [-0.2, -0.15) is 0 Å². The Labute approximate surface area is 168 Å². The standard InChI is InChI=1S/C19H29N3O2.HI/c1-13-6-7-15(11-21-19(20-3)22-17-10-14(17)2)18(9-13)24-12-16-5-4-8-23-16;/h6-7,9,14,16-17H,4-5,8,10-12H2,1-3H3,(H2,20,21,22);1H. The van der Waals surface area contributed by atoms with E-state index in [1.54, 1.807) is 0 Å². The van der Waals surface area contributed by atoms with Crippen LogP contribution in [0.1, 0.15) is 37.3 Å². The maximum Gasteiger partial charge on any atom is 0.191 e. The number of aliphatic imine (C=N–C) groups is 1. The van der Waals surface area contributed by atoms with E-state index in [1.165, 1.54) is 12.0 Å². The van der Waals surface area contributed by atoms with Crippen LogP contribution in [-0.2, 0) is 11.3 Å². The van der Waals surface area contributed by atoms with E-state index in [0.29, 0.717) is 19.2 Å². The Hall–Kier alpha value is -1.02. The van der Waals surface area contributed by atoms with Gasteiger partial charge in [-0.05, 0) is 43.7 Å². The summed E-state index contributed by atoms with van der Waals surface area (Å²) < 4.78 is 11.7. The number of benzene rings is 1. The smallest absolute Gasteiger partial charge is 0.191 e. The molecular weight excluding hydrogens is 429 g/mol. The fourth-order valence-electron chi connectivity index (χ4n) is 2.97. The van der Waals surface area contributed by atoms with E-state index in [0.717, 1.165) is 42.6 Å². The number of rotatable bonds is 6. The van der Waals surface area contributed by atoms with Gasteiger partial charge in [-0.3, -0.25) is 4.99 Å². The highest BCUT2D eigenvalue weighted by Gasteiger charge is 2.33. The Kier molecular flexibility index (Phi) is 7.81. The number of nitrogens with zero attached hydrogens (tertiary/aromatic N) is 1. The number of aryl methyl sites for hydroxylation is 1. The number of guanidine groups is 1. The van der Waals surface area contributed by atoms with E-state index in [-0.39, 0.29) is 30.1 Å². The molecule has 1 aromatic carbocycles. The van der Waals surface area contributed by atoms with Crippen LogP contribution < -0.4 is 15.4 Å². The molecule has 2 aliphatic rings. The third kappa shape index (κ3) is 6.02. The first-order chi connectivity index (χ1) is 11.7. The van der Waals surface area contributed by atoms with Gasteiger partial charge in [-0.15, -0.1) is 24.0 Å². The van der Waals surface area contributed by atoms with Crippen molar-refractivity contribution < 1.29 is 9.47 Å². The van der Waals surface area contributed by atoms with Gasteiger partial charge in [-0.25, -0.2) is 0 Å². The molecular formula is C19H30IN3O2. The number of ether oxygens (including phenoxy) is 2. The molecule has 1 saturated carbocycles. The summed E-state index contributed by atoms with van der Waals surface area (Å²) >= 11 is 0. The van der Waals surface area contributed by atoms with Gasteiger partial charge in [0.25, 0.3) is 0 Å². The van der Waals surface area contributed by atoms with E-state index in [4.69, 9.17) is 9.47 Å². The van der Waals surface area contributed by atoms with Crippen molar-refractivity contribution in [3.8, 4) is 5.75 Å². The van der Waals surface area contributed by atoms with Crippen LogP contribution in [0.3, 0.4) is 0 Å². The number of hydrogen-bond acceptors (Lipinski definition) is 3. The molecule has 5 nitrogen and oxygen atoms in total. The number of hydrogen-bond donors (Lipinski definition) is 2. The predicted octanol–water partition coefficient (Wildman–Crippen LogP) is 3.24. The van der Waals surface area contributed by atoms with E-state index in [2.05, 4.69) is 47.7 Å². The van der Waals surface area contributed by atoms with Crippen molar-refractivity contribution >= 4 is 29.9 Å². The highest BCUT2D eigenvalue weighted by atomic mass is 127. The molecule has 25 heavy (non-hydrogen) atoms. The molecule has 2 N–H and O–H groups in total. The highest BCUT2D eigenvalue weighted by molar-refractivity contribution is 14.0. The fourth-order valence-corrected chi connectivity index (χ4v) is 2.97. The fraction of sp³-hybridized carbons (Fsp3) is 0.632.